The van der Waals surface area contributed by atoms with Gasteiger partial charge in [0.15, 0.2) is 8.07 Å². The Labute approximate surface area is 371 Å². The normalized spacial score (nSPS) is 12.1. The molecule has 64 heavy (non-hydrogen) atoms. The molecule has 0 unspecified atom stereocenters. The molecule has 10 aromatic carbocycles. The molecule has 0 aliphatic rings. The summed E-state index contributed by atoms with van der Waals surface area (Å²) in [6, 6.07) is 89.2. The topological polar surface area (TPSA) is 23.0 Å². The van der Waals surface area contributed by atoms with Crippen LogP contribution in [0.15, 0.2) is 247 Å². The van der Waals surface area contributed by atoms with Gasteiger partial charge in [-0.25, -0.2) is 0 Å². The molecule has 0 atom stereocenters. The van der Waals surface area contributed by atoms with Crippen molar-refractivity contribution < 1.29 is 4.42 Å². The zero-order valence-electron chi connectivity index (χ0n) is 34.9. The highest BCUT2D eigenvalue weighted by molar-refractivity contribution is 7.19. The molecule has 0 spiro atoms. The highest BCUT2D eigenvalue weighted by atomic mass is 28.3. The van der Waals surface area contributed by atoms with E-state index in [9.17, 15) is 0 Å². The second-order valence-electron chi connectivity index (χ2n) is 16.8. The van der Waals surface area contributed by atoms with Crippen LogP contribution in [0.2, 0.25) is 0 Å². The van der Waals surface area contributed by atoms with Crippen LogP contribution in [-0.4, -0.2) is 17.2 Å². The van der Waals surface area contributed by atoms with Crippen LogP contribution in [0, 0.1) is 0 Å². The summed E-state index contributed by atoms with van der Waals surface area (Å²) in [6.07, 6.45) is 0. The minimum absolute atomic E-state index is 0.904. The molecule has 3 aromatic heterocycles. The molecule has 0 radical (unpaired) electrons. The van der Waals surface area contributed by atoms with Crippen molar-refractivity contribution in [3.8, 4) is 22.5 Å². The van der Waals surface area contributed by atoms with Crippen molar-refractivity contribution in [1.82, 2.24) is 9.13 Å². The molecular weight excluding hydrogens is 793 g/mol. The smallest absolute Gasteiger partial charge is 0.179 e. The number of para-hydroxylation sites is 3. The molecule has 0 N–H and O–H groups in total. The van der Waals surface area contributed by atoms with Gasteiger partial charge in [0.05, 0.1) is 22.1 Å². The molecule has 0 saturated carbocycles. The maximum Gasteiger partial charge on any atom is 0.179 e. The SMILES string of the molecule is c1ccc([Si](c2ccccc2)(c2ccccc2)c2ccc(-n3c4ccccc4c4cc(-n5c6ccccc6c6c(-c7ccc8c(c7)oc7ccccc78)cccc65)ccc43)cc2)cc1. The third kappa shape index (κ3) is 5.39. The molecule has 0 aliphatic carbocycles. The number of aromatic nitrogens is 2. The lowest BCUT2D eigenvalue weighted by atomic mass is 9.98. The zero-order chi connectivity index (χ0) is 42.2. The lowest BCUT2D eigenvalue weighted by Crippen LogP contribution is -2.74. The fraction of sp³-hybridized carbons (Fsp3) is 0. The molecule has 13 aromatic rings. The van der Waals surface area contributed by atoms with E-state index in [1.165, 1.54) is 69.9 Å². The van der Waals surface area contributed by atoms with Crippen LogP contribution in [0.5, 0.6) is 0 Å². The van der Waals surface area contributed by atoms with Crippen LogP contribution in [0.4, 0.5) is 0 Å². The average Bonchev–Trinajstić information content (AvgIpc) is 4.03. The van der Waals surface area contributed by atoms with Gasteiger partial charge in [0.1, 0.15) is 11.2 Å². The molecule has 0 bridgehead atoms. The zero-order valence-corrected chi connectivity index (χ0v) is 35.9. The van der Waals surface area contributed by atoms with E-state index in [0.717, 1.165) is 38.9 Å². The van der Waals surface area contributed by atoms with Gasteiger partial charge >= 0.3 is 0 Å². The summed E-state index contributed by atoms with van der Waals surface area (Å²) in [5, 5.41) is 12.6. The van der Waals surface area contributed by atoms with Crippen molar-refractivity contribution in [3.05, 3.63) is 243 Å². The third-order valence-electron chi connectivity index (χ3n) is 13.5. The van der Waals surface area contributed by atoms with Crippen molar-refractivity contribution in [1.29, 1.82) is 0 Å². The summed E-state index contributed by atoms with van der Waals surface area (Å²) in [4.78, 5) is 0. The Morgan fingerprint density at radius 2 is 0.797 bits per heavy atom. The first-order valence-electron chi connectivity index (χ1n) is 22.0. The highest BCUT2D eigenvalue weighted by Gasteiger charge is 2.41. The summed E-state index contributed by atoms with van der Waals surface area (Å²) in [6.45, 7) is 0. The second-order valence-corrected chi connectivity index (χ2v) is 20.6. The minimum Gasteiger partial charge on any atom is -0.456 e. The first-order chi connectivity index (χ1) is 31.8. The summed E-state index contributed by atoms with van der Waals surface area (Å²) in [5.74, 6) is 0. The number of benzene rings is 10. The number of nitrogens with zero attached hydrogens (tertiary/aromatic N) is 2. The predicted octanol–water partition coefficient (Wildman–Crippen LogP) is 12.8. The Kier molecular flexibility index (Phi) is 8.23. The fourth-order valence-corrected chi connectivity index (χ4v) is 15.5. The molecule has 0 amide bonds. The highest BCUT2D eigenvalue weighted by Crippen LogP contribution is 2.41. The van der Waals surface area contributed by atoms with Crippen LogP contribution >= 0.6 is 0 Å². The monoisotopic (exact) mass is 832 g/mol. The van der Waals surface area contributed by atoms with Crippen molar-refractivity contribution in [3.63, 3.8) is 0 Å². The van der Waals surface area contributed by atoms with E-state index in [0.29, 0.717) is 0 Å². The molecule has 13 rings (SSSR count). The van der Waals surface area contributed by atoms with Crippen molar-refractivity contribution in [2.75, 3.05) is 0 Å². The van der Waals surface area contributed by atoms with Gasteiger partial charge in [-0.3, -0.25) is 0 Å². The number of fused-ring (bicyclic) bond motifs is 9. The number of rotatable bonds is 7. The predicted molar refractivity (Wildman–Crippen MR) is 271 cm³/mol. The summed E-state index contributed by atoms with van der Waals surface area (Å²) in [7, 11) is -2.66. The van der Waals surface area contributed by atoms with Gasteiger partial charge in [0, 0.05) is 43.7 Å². The van der Waals surface area contributed by atoms with E-state index >= 15 is 0 Å². The number of furan rings is 1. The summed E-state index contributed by atoms with van der Waals surface area (Å²) < 4.78 is 11.2. The molecule has 0 aliphatic heterocycles. The quantitative estimate of drug-likeness (QED) is 0.116. The number of hydrogen-bond donors (Lipinski definition) is 0. The lowest BCUT2D eigenvalue weighted by molar-refractivity contribution is 0.669. The van der Waals surface area contributed by atoms with Crippen molar-refractivity contribution in [2.45, 2.75) is 0 Å². The Balaban J connectivity index is 0.974. The van der Waals surface area contributed by atoms with E-state index in [2.05, 4.69) is 240 Å². The van der Waals surface area contributed by atoms with Crippen LogP contribution in [-0.2, 0) is 0 Å². The maximum atomic E-state index is 6.37. The summed E-state index contributed by atoms with van der Waals surface area (Å²) >= 11 is 0. The number of hydrogen-bond acceptors (Lipinski definition) is 1. The van der Waals surface area contributed by atoms with Gasteiger partial charge in [-0.1, -0.05) is 176 Å². The van der Waals surface area contributed by atoms with E-state index in [-0.39, 0.29) is 0 Å². The second kappa shape index (κ2) is 14.5. The maximum absolute atomic E-state index is 6.37. The van der Waals surface area contributed by atoms with Crippen LogP contribution in [0.1, 0.15) is 0 Å². The van der Waals surface area contributed by atoms with E-state index in [1.807, 2.05) is 12.1 Å². The fourth-order valence-electron chi connectivity index (χ4n) is 10.7. The van der Waals surface area contributed by atoms with Crippen LogP contribution in [0.3, 0.4) is 0 Å². The molecule has 3 nitrogen and oxygen atoms in total. The van der Waals surface area contributed by atoms with Gasteiger partial charge in [-0.05, 0) is 98.6 Å². The Morgan fingerprint density at radius 3 is 1.48 bits per heavy atom. The van der Waals surface area contributed by atoms with Gasteiger partial charge < -0.3 is 13.6 Å². The van der Waals surface area contributed by atoms with Crippen molar-refractivity contribution >= 4 is 94.4 Å². The molecular formula is C60H40N2OSi. The molecule has 4 heteroatoms. The first kappa shape index (κ1) is 36.5. The largest absolute Gasteiger partial charge is 0.456 e. The Hall–Kier alpha value is -8.18. The van der Waals surface area contributed by atoms with E-state index < -0.39 is 8.07 Å². The first-order valence-corrected chi connectivity index (χ1v) is 24.0. The van der Waals surface area contributed by atoms with E-state index in [1.54, 1.807) is 0 Å². The molecule has 0 saturated heterocycles. The van der Waals surface area contributed by atoms with Crippen LogP contribution in [0.25, 0.3) is 88.1 Å². The van der Waals surface area contributed by atoms with Gasteiger partial charge in [0.2, 0.25) is 0 Å². The third-order valence-corrected chi connectivity index (χ3v) is 18.3. The summed E-state index contributed by atoms with van der Waals surface area (Å²) in [5.41, 5.74) is 11.1. The van der Waals surface area contributed by atoms with E-state index in [4.69, 9.17) is 4.42 Å². The standard InChI is InChI=1S/C60H40N2OSi/c1-4-17-44(18-5-1)64(45-19-6-2-7-20-45,46-21-8-3-9-22-46)47-35-32-42(33-36-47)61-54-27-13-10-23-49(54)53-40-43(34-38-56(53)61)62-55-28-14-11-25-52(55)60-48(26-16-29-57(60)62)41-31-37-51-50-24-12-15-30-58(50)63-59(51)39-41/h1-40H. The minimum atomic E-state index is -2.66. The van der Waals surface area contributed by atoms with Crippen molar-refractivity contribution in [2.24, 2.45) is 0 Å². The molecule has 300 valence electrons. The van der Waals surface area contributed by atoms with Gasteiger partial charge in [0.25, 0.3) is 0 Å². The Bertz CT molecular complexity index is 3790. The molecule has 3 heterocycles. The van der Waals surface area contributed by atoms with Gasteiger partial charge in [-0.15, -0.1) is 0 Å². The molecule has 0 fully saturated rings. The van der Waals surface area contributed by atoms with Crippen LogP contribution < -0.4 is 20.7 Å². The lowest BCUT2D eigenvalue weighted by Gasteiger charge is -2.34. The Morgan fingerprint density at radius 1 is 0.297 bits per heavy atom. The van der Waals surface area contributed by atoms with Gasteiger partial charge in [-0.2, -0.15) is 0 Å². The average molecular weight is 833 g/mol.